The summed E-state index contributed by atoms with van der Waals surface area (Å²) < 4.78 is 17.3. The number of carbonyl (C=O) groups excluding carboxylic acids is 1. The third kappa shape index (κ3) is 6.72. The standard InChI is InChI=1S/C19H34N2O4.2ClH/c1-3-24-18(22)15-6-8-16(9-7-15)25-19(20-11-4-5-12-20)21-13-10-17(14-21)23-2;;/h15-17,19H,3-14H2,1-2H3;2*1H/t15-,16-,17-,19?;;/m1../s1. The van der Waals surface area contributed by atoms with E-state index in [1.165, 1.54) is 12.8 Å². The molecule has 0 radical (unpaired) electrons. The van der Waals surface area contributed by atoms with Crippen LogP contribution in [0.1, 0.15) is 51.9 Å². The molecule has 3 aliphatic rings. The number of halogens is 2. The summed E-state index contributed by atoms with van der Waals surface area (Å²) in [4.78, 5) is 16.8. The minimum Gasteiger partial charge on any atom is -0.466 e. The first kappa shape index (κ1) is 24.9. The summed E-state index contributed by atoms with van der Waals surface area (Å²) in [7, 11) is 1.80. The van der Waals surface area contributed by atoms with Crippen molar-refractivity contribution >= 4 is 30.8 Å². The van der Waals surface area contributed by atoms with Crippen LogP contribution in [-0.2, 0) is 19.0 Å². The maximum atomic E-state index is 11.9. The number of esters is 1. The van der Waals surface area contributed by atoms with Crippen molar-refractivity contribution in [2.24, 2.45) is 5.92 Å². The molecule has 3 rings (SSSR count). The zero-order chi connectivity index (χ0) is 17.6. The summed E-state index contributed by atoms with van der Waals surface area (Å²) in [6, 6.07) is 0. The van der Waals surface area contributed by atoms with Gasteiger partial charge in [-0.25, -0.2) is 0 Å². The molecule has 8 heteroatoms. The van der Waals surface area contributed by atoms with E-state index in [9.17, 15) is 4.79 Å². The van der Waals surface area contributed by atoms with Gasteiger partial charge in [-0.15, -0.1) is 24.8 Å². The van der Waals surface area contributed by atoms with Crippen LogP contribution in [0.5, 0.6) is 0 Å². The number of hydrogen-bond donors (Lipinski definition) is 0. The molecule has 0 aromatic carbocycles. The third-order valence-electron chi connectivity index (χ3n) is 5.88. The van der Waals surface area contributed by atoms with Crippen molar-refractivity contribution in [3.63, 3.8) is 0 Å². The lowest BCUT2D eigenvalue weighted by molar-refractivity contribution is -0.181. The summed E-state index contributed by atoms with van der Waals surface area (Å²) in [6.07, 6.45) is 7.93. The van der Waals surface area contributed by atoms with Crippen LogP contribution in [0.25, 0.3) is 0 Å². The quantitative estimate of drug-likeness (QED) is 0.582. The second-order valence-corrected chi connectivity index (χ2v) is 7.57. The van der Waals surface area contributed by atoms with E-state index in [1.54, 1.807) is 7.11 Å². The van der Waals surface area contributed by atoms with Gasteiger partial charge in [-0.2, -0.15) is 0 Å². The average molecular weight is 427 g/mol. The van der Waals surface area contributed by atoms with Gasteiger partial charge in [0, 0.05) is 33.3 Å². The molecule has 2 saturated heterocycles. The topological polar surface area (TPSA) is 51.2 Å². The van der Waals surface area contributed by atoms with Crippen LogP contribution in [0.3, 0.4) is 0 Å². The SMILES string of the molecule is CCOC(=O)[C@H]1CC[C@H](OC(N2CCCC2)N2CC[C@@H](OC)C2)CC1.Cl.Cl. The molecular formula is C19H36Cl2N2O4. The summed E-state index contributed by atoms with van der Waals surface area (Å²) in [5.41, 5.74) is 0. The Kier molecular flexibility index (Phi) is 11.5. The zero-order valence-corrected chi connectivity index (χ0v) is 18.3. The fourth-order valence-electron chi connectivity index (χ4n) is 4.38. The monoisotopic (exact) mass is 426 g/mol. The molecule has 0 aromatic heterocycles. The molecule has 2 atom stereocenters. The Morgan fingerprint density at radius 3 is 2.19 bits per heavy atom. The normalized spacial score (nSPS) is 30.4. The van der Waals surface area contributed by atoms with Crippen molar-refractivity contribution in [1.29, 1.82) is 0 Å². The van der Waals surface area contributed by atoms with Gasteiger partial charge in [0.25, 0.3) is 0 Å². The van der Waals surface area contributed by atoms with Crippen molar-refractivity contribution in [3.05, 3.63) is 0 Å². The molecular weight excluding hydrogens is 391 g/mol. The molecule has 1 unspecified atom stereocenters. The molecule has 2 heterocycles. The molecule has 160 valence electrons. The van der Waals surface area contributed by atoms with Crippen LogP contribution in [0, 0.1) is 5.92 Å². The van der Waals surface area contributed by atoms with Crippen LogP contribution in [0.2, 0.25) is 0 Å². The molecule has 1 aliphatic carbocycles. The predicted octanol–water partition coefficient (Wildman–Crippen LogP) is 3.07. The Bertz CT molecular complexity index is 430. The van der Waals surface area contributed by atoms with Crippen LogP contribution in [-0.4, -0.2) is 74.2 Å². The minimum absolute atomic E-state index is 0. The Morgan fingerprint density at radius 1 is 0.963 bits per heavy atom. The lowest BCUT2D eigenvalue weighted by Crippen LogP contribution is -2.50. The highest BCUT2D eigenvalue weighted by Gasteiger charge is 2.36. The smallest absolute Gasteiger partial charge is 0.308 e. The van der Waals surface area contributed by atoms with Gasteiger partial charge in [-0.3, -0.25) is 14.6 Å². The molecule has 3 fully saturated rings. The Labute approximate surface area is 176 Å². The maximum absolute atomic E-state index is 11.9. The largest absolute Gasteiger partial charge is 0.466 e. The first-order valence-electron chi connectivity index (χ1n) is 10.0. The van der Waals surface area contributed by atoms with Crippen LogP contribution >= 0.6 is 24.8 Å². The first-order valence-corrected chi connectivity index (χ1v) is 10.0. The third-order valence-corrected chi connectivity index (χ3v) is 5.88. The second kappa shape index (κ2) is 12.5. The number of likely N-dealkylation sites (tertiary alicyclic amines) is 2. The van der Waals surface area contributed by atoms with Gasteiger partial charge < -0.3 is 14.2 Å². The maximum Gasteiger partial charge on any atom is 0.308 e. The minimum atomic E-state index is -0.0282. The number of nitrogens with zero attached hydrogens (tertiary/aromatic N) is 2. The Morgan fingerprint density at radius 2 is 1.63 bits per heavy atom. The highest BCUT2D eigenvalue weighted by molar-refractivity contribution is 5.85. The average Bonchev–Trinajstić information content (AvgIpc) is 3.32. The highest BCUT2D eigenvalue weighted by atomic mass is 35.5. The van der Waals surface area contributed by atoms with Gasteiger partial charge in [-0.05, 0) is 51.9 Å². The van der Waals surface area contributed by atoms with Crippen molar-refractivity contribution in [1.82, 2.24) is 9.80 Å². The lowest BCUT2D eigenvalue weighted by atomic mass is 9.87. The van der Waals surface area contributed by atoms with Gasteiger partial charge in [0.15, 0.2) is 6.35 Å². The first-order chi connectivity index (χ1) is 12.2. The van der Waals surface area contributed by atoms with E-state index in [0.717, 1.165) is 58.3 Å². The molecule has 0 bridgehead atoms. The van der Waals surface area contributed by atoms with E-state index in [1.807, 2.05) is 6.92 Å². The van der Waals surface area contributed by atoms with Crippen LogP contribution < -0.4 is 0 Å². The summed E-state index contributed by atoms with van der Waals surface area (Å²) in [6.45, 7) is 6.58. The van der Waals surface area contributed by atoms with Gasteiger partial charge in [0.05, 0.1) is 24.7 Å². The zero-order valence-electron chi connectivity index (χ0n) is 16.6. The molecule has 0 amide bonds. The summed E-state index contributed by atoms with van der Waals surface area (Å²) >= 11 is 0. The predicted molar refractivity (Wildman–Crippen MR) is 110 cm³/mol. The van der Waals surface area contributed by atoms with E-state index in [2.05, 4.69) is 9.80 Å². The molecule has 6 nitrogen and oxygen atoms in total. The van der Waals surface area contributed by atoms with Gasteiger partial charge in [0.2, 0.25) is 0 Å². The Hall–Kier alpha value is -0.110. The number of hydrogen-bond acceptors (Lipinski definition) is 6. The van der Waals surface area contributed by atoms with E-state index in [0.29, 0.717) is 12.7 Å². The Balaban J connectivity index is 0.00000182. The van der Waals surface area contributed by atoms with Crippen molar-refractivity contribution in [2.75, 3.05) is 39.9 Å². The van der Waals surface area contributed by atoms with E-state index < -0.39 is 0 Å². The second-order valence-electron chi connectivity index (χ2n) is 7.57. The van der Waals surface area contributed by atoms with E-state index in [4.69, 9.17) is 14.2 Å². The van der Waals surface area contributed by atoms with Gasteiger partial charge in [-0.1, -0.05) is 0 Å². The lowest BCUT2D eigenvalue weighted by Gasteiger charge is -2.39. The number of methoxy groups -OCH3 is 1. The molecule has 0 spiro atoms. The van der Waals surface area contributed by atoms with Gasteiger partial charge in [0.1, 0.15) is 0 Å². The molecule has 2 aliphatic heterocycles. The molecule has 1 saturated carbocycles. The summed E-state index contributed by atoms with van der Waals surface area (Å²) in [5, 5.41) is 0. The van der Waals surface area contributed by atoms with Crippen molar-refractivity contribution < 1.29 is 19.0 Å². The summed E-state index contributed by atoms with van der Waals surface area (Å²) in [5.74, 6) is 0.0363. The highest BCUT2D eigenvalue weighted by Crippen LogP contribution is 2.30. The fourth-order valence-corrected chi connectivity index (χ4v) is 4.38. The van der Waals surface area contributed by atoms with Crippen LogP contribution in [0.15, 0.2) is 0 Å². The van der Waals surface area contributed by atoms with E-state index in [-0.39, 0.29) is 49.2 Å². The number of ether oxygens (including phenoxy) is 3. The molecule has 27 heavy (non-hydrogen) atoms. The molecule has 0 aromatic rings. The number of rotatable bonds is 7. The van der Waals surface area contributed by atoms with Crippen LogP contribution in [0.4, 0.5) is 0 Å². The number of carbonyl (C=O) groups is 1. The van der Waals surface area contributed by atoms with Crippen molar-refractivity contribution in [3.8, 4) is 0 Å². The molecule has 0 N–H and O–H groups in total. The fraction of sp³-hybridized carbons (Fsp3) is 0.947. The van der Waals surface area contributed by atoms with E-state index >= 15 is 0 Å². The van der Waals surface area contributed by atoms with Gasteiger partial charge >= 0.3 is 5.97 Å². The van der Waals surface area contributed by atoms with Crippen molar-refractivity contribution in [2.45, 2.75) is 70.4 Å².